The minimum Gasteiger partial charge on any atom is -0.378 e. The lowest BCUT2D eigenvalue weighted by Gasteiger charge is -2.28. The fourth-order valence-electron chi connectivity index (χ4n) is 1.61. The van der Waals surface area contributed by atoms with Crippen LogP contribution in [0.15, 0.2) is 12.1 Å². The molecule has 1 aliphatic heterocycles. The minimum atomic E-state index is 0.405. The Hall–Kier alpha value is -0.380. The van der Waals surface area contributed by atoms with E-state index in [0.717, 1.165) is 13.2 Å². The Morgan fingerprint density at radius 1 is 1.46 bits per heavy atom. The van der Waals surface area contributed by atoms with Gasteiger partial charge in [-0.2, -0.15) is 0 Å². The normalized spacial score (nSPS) is 29.1. The average molecular weight is 197 g/mol. The lowest BCUT2D eigenvalue weighted by molar-refractivity contribution is 0.0514. The van der Waals surface area contributed by atoms with Crippen LogP contribution in [0, 0.1) is 6.92 Å². The highest BCUT2D eigenvalue weighted by Crippen LogP contribution is 2.24. The zero-order valence-electron chi connectivity index (χ0n) is 8.04. The Morgan fingerprint density at radius 2 is 2.31 bits per heavy atom. The summed E-state index contributed by atoms with van der Waals surface area (Å²) >= 11 is 1.85. The molecular formula is C10H15NOS. The predicted molar refractivity (Wildman–Crippen MR) is 55.2 cm³/mol. The van der Waals surface area contributed by atoms with Crippen molar-refractivity contribution in [3.05, 3.63) is 21.9 Å². The summed E-state index contributed by atoms with van der Waals surface area (Å²) in [6.45, 7) is 5.94. The summed E-state index contributed by atoms with van der Waals surface area (Å²) in [6, 6.07) is 5.24. The van der Waals surface area contributed by atoms with Crippen LogP contribution in [0.1, 0.15) is 22.7 Å². The summed E-state index contributed by atoms with van der Waals surface area (Å²) in [5, 5.41) is 3.53. The first kappa shape index (κ1) is 9.19. The predicted octanol–water partition coefficient (Wildman–Crippen LogP) is 2.11. The number of rotatable bonds is 1. The van der Waals surface area contributed by atoms with Crippen LogP contribution in [-0.2, 0) is 4.74 Å². The van der Waals surface area contributed by atoms with Crippen molar-refractivity contribution >= 4 is 11.3 Å². The van der Waals surface area contributed by atoms with Gasteiger partial charge in [0.2, 0.25) is 0 Å². The second-order valence-corrected chi connectivity index (χ2v) is 4.93. The van der Waals surface area contributed by atoms with Crippen LogP contribution in [-0.4, -0.2) is 19.3 Å². The van der Waals surface area contributed by atoms with Gasteiger partial charge in [0.1, 0.15) is 0 Å². The van der Waals surface area contributed by atoms with Crippen LogP contribution in [0.4, 0.5) is 0 Å². The number of hydrogen-bond donors (Lipinski definition) is 1. The molecule has 13 heavy (non-hydrogen) atoms. The van der Waals surface area contributed by atoms with Gasteiger partial charge in [0.25, 0.3) is 0 Å². The lowest BCUT2D eigenvalue weighted by atomic mass is 10.2. The quantitative estimate of drug-likeness (QED) is 0.744. The van der Waals surface area contributed by atoms with Gasteiger partial charge in [-0.25, -0.2) is 0 Å². The Bertz CT molecular complexity index is 284. The number of morpholine rings is 1. The van der Waals surface area contributed by atoms with Crippen molar-refractivity contribution in [1.82, 2.24) is 5.32 Å². The zero-order valence-corrected chi connectivity index (χ0v) is 8.86. The highest BCUT2D eigenvalue weighted by molar-refractivity contribution is 7.12. The molecule has 2 rings (SSSR count). The van der Waals surface area contributed by atoms with Crippen LogP contribution < -0.4 is 5.32 Å². The topological polar surface area (TPSA) is 21.3 Å². The first-order chi connectivity index (χ1) is 6.25. The van der Waals surface area contributed by atoms with E-state index in [1.165, 1.54) is 9.75 Å². The molecule has 2 nitrogen and oxygen atoms in total. The number of thiophene rings is 1. The number of ether oxygens (including phenoxy) is 1. The first-order valence-electron chi connectivity index (χ1n) is 4.66. The molecule has 1 saturated heterocycles. The molecule has 0 aliphatic carbocycles. The van der Waals surface area contributed by atoms with E-state index in [-0.39, 0.29) is 0 Å². The standard InChI is InChI=1S/C10H15NOS/c1-7-5-12-6-9(11-7)10-4-3-8(2)13-10/h3-4,7,9,11H,5-6H2,1-2H3. The van der Waals surface area contributed by atoms with Crippen molar-refractivity contribution in [3.8, 4) is 0 Å². The summed E-state index contributed by atoms with van der Waals surface area (Å²) < 4.78 is 5.50. The summed E-state index contributed by atoms with van der Waals surface area (Å²) in [7, 11) is 0. The fourth-order valence-corrected chi connectivity index (χ4v) is 2.53. The Balaban J connectivity index is 2.08. The van der Waals surface area contributed by atoms with Crippen molar-refractivity contribution in [2.75, 3.05) is 13.2 Å². The van der Waals surface area contributed by atoms with Crippen LogP contribution >= 0.6 is 11.3 Å². The Morgan fingerprint density at radius 3 is 2.92 bits per heavy atom. The van der Waals surface area contributed by atoms with Gasteiger partial charge < -0.3 is 10.1 Å². The van der Waals surface area contributed by atoms with E-state index in [1.54, 1.807) is 0 Å². The maximum Gasteiger partial charge on any atom is 0.0670 e. The molecule has 72 valence electrons. The van der Waals surface area contributed by atoms with Gasteiger partial charge in [-0.1, -0.05) is 0 Å². The van der Waals surface area contributed by atoms with Crippen LogP contribution in [0.2, 0.25) is 0 Å². The van der Waals surface area contributed by atoms with Crippen LogP contribution in [0.3, 0.4) is 0 Å². The smallest absolute Gasteiger partial charge is 0.0670 e. The molecule has 0 spiro atoms. The van der Waals surface area contributed by atoms with Gasteiger partial charge in [-0.15, -0.1) is 11.3 Å². The van der Waals surface area contributed by atoms with E-state index in [9.17, 15) is 0 Å². The molecule has 3 heteroatoms. The van der Waals surface area contributed by atoms with E-state index in [2.05, 4.69) is 31.3 Å². The third-order valence-corrected chi connectivity index (χ3v) is 3.36. The van der Waals surface area contributed by atoms with Gasteiger partial charge in [0.05, 0.1) is 19.3 Å². The van der Waals surface area contributed by atoms with Gasteiger partial charge in [-0.3, -0.25) is 0 Å². The van der Waals surface area contributed by atoms with Crippen molar-refractivity contribution in [1.29, 1.82) is 0 Å². The Labute approximate surface area is 82.9 Å². The van der Waals surface area contributed by atoms with Gasteiger partial charge in [0.15, 0.2) is 0 Å². The number of hydrogen-bond acceptors (Lipinski definition) is 3. The SMILES string of the molecule is Cc1ccc(C2COCC(C)N2)s1. The van der Waals surface area contributed by atoms with Crippen LogP contribution in [0.25, 0.3) is 0 Å². The molecule has 2 unspecified atom stereocenters. The molecule has 2 heterocycles. The second-order valence-electron chi connectivity index (χ2n) is 3.61. The third kappa shape index (κ3) is 2.10. The van der Waals surface area contributed by atoms with Gasteiger partial charge in [0, 0.05) is 15.8 Å². The Kier molecular flexibility index (Phi) is 2.67. The first-order valence-corrected chi connectivity index (χ1v) is 5.47. The van der Waals surface area contributed by atoms with Crippen molar-refractivity contribution in [2.45, 2.75) is 25.9 Å². The molecule has 1 aliphatic rings. The fraction of sp³-hybridized carbons (Fsp3) is 0.600. The van der Waals surface area contributed by atoms with Crippen molar-refractivity contribution < 1.29 is 4.74 Å². The third-order valence-electron chi connectivity index (χ3n) is 2.24. The summed E-state index contributed by atoms with van der Waals surface area (Å²) in [5.41, 5.74) is 0. The second kappa shape index (κ2) is 3.78. The molecule has 1 fully saturated rings. The van der Waals surface area contributed by atoms with E-state index in [4.69, 9.17) is 4.74 Å². The van der Waals surface area contributed by atoms with Crippen molar-refractivity contribution in [3.63, 3.8) is 0 Å². The molecule has 1 N–H and O–H groups in total. The molecule has 1 aromatic rings. The van der Waals surface area contributed by atoms with E-state index < -0.39 is 0 Å². The van der Waals surface area contributed by atoms with Crippen LogP contribution in [0.5, 0.6) is 0 Å². The zero-order chi connectivity index (χ0) is 9.26. The molecule has 2 atom stereocenters. The van der Waals surface area contributed by atoms with Gasteiger partial charge >= 0.3 is 0 Å². The summed E-state index contributed by atoms with van der Waals surface area (Å²) in [6.07, 6.45) is 0. The largest absolute Gasteiger partial charge is 0.378 e. The van der Waals surface area contributed by atoms with Crippen molar-refractivity contribution in [2.24, 2.45) is 0 Å². The molecule has 0 bridgehead atoms. The highest BCUT2D eigenvalue weighted by atomic mass is 32.1. The number of aryl methyl sites for hydroxylation is 1. The van der Waals surface area contributed by atoms with E-state index in [0.29, 0.717) is 12.1 Å². The molecule has 0 amide bonds. The maximum absolute atomic E-state index is 5.50. The van der Waals surface area contributed by atoms with E-state index in [1.807, 2.05) is 11.3 Å². The van der Waals surface area contributed by atoms with Gasteiger partial charge in [-0.05, 0) is 26.0 Å². The summed E-state index contributed by atoms with van der Waals surface area (Å²) in [4.78, 5) is 2.76. The molecule has 1 aromatic heterocycles. The molecular weight excluding hydrogens is 182 g/mol. The molecule has 0 radical (unpaired) electrons. The number of nitrogens with one attached hydrogen (secondary N) is 1. The highest BCUT2D eigenvalue weighted by Gasteiger charge is 2.20. The molecule has 0 saturated carbocycles. The maximum atomic E-state index is 5.50. The summed E-state index contributed by atoms with van der Waals surface area (Å²) in [5.74, 6) is 0. The molecule has 0 aromatic carbocycles. The lowest BCUT2D eigenvalue weighted by Crippen LogP contribution is -2.41. The average Bonchev–Trinajstić information content (AvgIpc) is 2.52. The monoisotopic (exact) mass is 197 g/mol. The minimum absolute atomic E-state index is 0.405. The van der Waals surface area contributed by atoms with E-state index >= 15 is 0 Å².